The van der Waals surface area contributed by atoms with Gasteiger partial charge in [0.2, 0.25) is 5.91 Å². The van der Waals surface area contributed by atoms with Crippen molar-refractivity contribution in [1.82, 2.24) is 14.2 Å². The number of piperazine rings is 1. The lowest BCUT2D eigenvalue weighted by Crippen LogP contribution is -2.50. The van der Waals surface area contributed by atoms with Gasteiger partial charge in [0.1, 0.15) is 5.75 Å². The van der Waals surface area contributed by atoms with E-state index in [1.54, 1.807) is 25.0 Å². The van der Waals surface area contributed by atoms with E-state index in [0.717, 1.165) is 5.56 Å². The first-order valence-corrected chi connectivity index (χ1v) is 10.7. The maximum absolute atomic E-state index is 12.7. The number of H-pyrrole nitrogens is 1. The highest BCUT2D eigenvalue weighted by molar-refractivity contribution is 7.91. The number of nitrogens with zero attached hydrogens (tertiary/aromatic N) is 2. The van der Waals surface area contributed by atoms with Crippen LogP contribution in [0.25, 0.3) is 0 Å². The fraction of sp³-hybridized carbons (Fsp3) is 0.412. The van der Waals surface area contributed by atoms with Crippen molar-refractivity contribution in [2.45, 2.75) is 17.6 Å². The third-order valence-corrected chi connectivity index (χ3v) is 7.96. The van der Waals surface area contributed by atoms with Crippen molar-refractivity contribution in [3.63, 3.8) is 0 Å². The summed E-state index contributed by atoms with van der Waals surface area (Å²) >= 11 is 0.693. The van der Waals surface area contributed by atoms with Crippen molar-refractivity contribution in [2.75, 3.05) is 33.3 Å². The number of thiazole rings is 1. The van der Waals surface area contributed by atoms with Crippen LogP contribution in [-0.2, 0) is 21.2 Å². The molecule has 8 nitrogen and oxygen atoms in total. The molecule has 1 aliphatic heterocycles. The zero-order valence-corrected chi connectivity index (χ0v) is 16.7. The number of rotatable bonds is 5. The highest BCUT2D eigenvalue weighted by atomic mass is 32.2. The van der Waals surface area contributed by atoms with E-state index in [-0.39, 0.29) is 29.6 Å². The van der Waals surface area contributed by atoms with Crippen LogP contribution in [0.15, 0.2) is 33.3 Å². The normalized spacial score (nSPS) is 15.7. The molecule has 0 atom stereocenters. The number of benzene rings is 1. The number of para-hydroxylation sites is 1. The number of methoxy groups -OCH3 is 1. The zero-order valence-electron chi connectivity index (χ0n) is 15.1. The summed E-state index contributed by atoms with van der Waals surface area (Å²) in [5, 5.41) is 0. The summed E-state index contributed by atoms with van der Waals surface area (Å²) in [5.41, 5.74) is 1.15. The number of aryl methyl sites for hydroxylation is 1. The number of aromatic amines is 1. The molecule has 0 aliphatic carbocycles. The zero-order chi connectivity index (χ0) is 19.6. The van der Waals surface area contributed by atoms with Gasteiger partial charge in [-0.3, -0.25) is 9.59 Å². The van der Waals surface area contributed by atoms with Crippen molar-refractivity contribution in [1.29, 1.82) is 0 Å². The van der Waals surface area contributed by atoms with E-state index < -0.39 is 14.9 Å². The third-order valence-electron chi connectivity index (χ3n) is 4.48. The van der Waals surface area contributed by atoms with Crippen LogP contribution in [-0.4, -0.2) is 61.8 Å². The van der Waals surface area contributed by atoms with Crippen molar-refractivity contribution >= 4 is 27.3 Å². The number of carbonyl (C=O) groups is 1. The summed E-state index contributed by atoms with van der Waals surface area (Å²) < 4.78 is 32.1. The van der Waals surface area contributed by atoms with Crippen LogP contribution in [0.1, 0.15) is 11.3 Å². The molecule has 3 rings (SSSR count). The molecule has 10 heteroatoms. The number of hydrogen-bond acceptors (Lipinski definition) is 6. The smallest absolute Gasteiger partial charge is 0.305 e. The second-order valence-electron chi connectivity index (χ2n) is 6.20. The van der Waals surface area contributed by atoms with Gasteiger partial charge in [0.05, 0.1) is 13.5 Å². The lowest BCUT2D eigenvalue weighted by Gasteiger charge is -2.34. The molecule has 0 bridgehead atoms. The van der Waals surface area contributed by atoms with Gasteiger partial charge in [-0.05, 0) is 13.0 Å². The average molecular weight is 412 g/mol. The van der Waals surface area contributed by atoms with Crippen molar-refractivity contribution in [2.24, 2.45) is 0 Å². The average Bonchev–Trinajstić information content (AvgIpc) is 3.01. The molecule has 1 N–H and O–H groups in total. The quantitative estimate of drug-likeness (QED) is 0.786. The Kier molecular flexibility index (Phi) is 5.68. The molecular weight excluding hydrogens is 390 g/mol. The minimum absolute atomic E-state index is 0.0429. The van der Waals surface area contributed by atoms with Gasteiger partial charge in [-0.1, -0.05) is 29.5 Å². The van der Waals surface area contributed by atoms with E-state index in [9.17, 15) is 18.0 Å². The Bertz CT molecular complexity index is 988. The summed E-state index contributed by atoms with van der Waals surface area (Å²) in [6.45, 7) is 2.59. The first-order chi connectivity index (χ1) is 12.8. The Morgan fingerprint density at radius 2 is 1.89 bits per heavy atom. The van der Waals surface area contributed by atoms with Gasteiger partial charge in [0.15, 0.2) is 4.21 Å². The lowest BCUT2D eigenvalue weighted by atomic mass is 10.1. The third kappa shape index (κ3) is 4.07. The number of ether oxygens (including phenoxy) is 1. The molecule has 2 heterocycles. The van der Waals surface area contributed by atoms with Crippen LogP contribution >= 0.6 is 11.3 Å². The number of hydrogen-bond donors (Lipinski definition) is 1. The monoisotopic (exact) mass is 411 g/mol. The van der Waals surface area contributed by atoms with Gasteiger partial charge in [-0.25, -0.2) is 8.42 Å². The standard InChI is InChI=1S/C17H21N3O5S2/c1-12-16(26-17(22)18-12)27(23,24)20-9-7-19(8-10-20)15(21)11-13-5-3-4-6-14(13)25-2/h3-6H,7-11H2,1-2H3,(H,18,22). The number of aromatic nitrogens is 1. The lowest BCUT2D eigenvalue weighted by molar-refractivity contribution is -0.131. The van der Waals surface area contributed by atoms with Crippen LogP contribution in [0, 0.1) is 6.92 Å². The summed E-state index contributed by atoms with van der Waals surface area (Å²) in [6, 6.07) is 7.33. The van der Waals surface area contributed by atoms with Gasteiger partial charge >= 0.3 is 4.87 Å². The van der Waals surface area contributed by atoms with Crippen LogP contribution in [0.3, 0.4) is 0 Å². The summed E-state index contributed by atoms with van der Waals surface area (Å²) in [7, 11) is -2.17. The van der Waals surface area contributed by atoms with Crippen LogP contribution in [0.5, 0.6) is 5.75 Å². The molecule has 146 valence electrons. The molecule has 1 aromatic heterocycles. The van der Waals surface area contributed by atoms with E-state index in [0.29, 0.717) is 35.9 Å². The number of sulfonamides is 1. The number of amides is 1. The molecule has 27 heavy (non-hydrogen) atoms. The minimum Gasteiger partial charge on any atom is -0.496 e. The Morgan fingerprint density at radius 3 is 2.48 bits per heavy atom. The first-order valence-electron chi connectivity index (χ1n) is 8.42. The molecule has 0 unspecified atom stereocenters. The highest BCUT2D eigenvalue weighted by Gasteiger charge is 2.32. The van der Waals surface area contributed by atoms with Gasteiger partial charge in [-0.2, -0.15) is 4.31 Å². The van der Waals surface area contributed by atoms with Gasteiger partial charge in [0.25, 0.3) is 10.0 Å². The molecule has 1 aromatic carbocycles. The predicted octanol–water partition coefficient (Wildman–Crippen LogP) is 0.829. The second kappa shape index (κ2) is 7.83. The van der Waals surface area contributed by atoms with E-state index in [2.05, 4.69) is 4.98 Å². The van der Waals surface area contributed by atoms with Crippen LogP contribution in [0.4, 0.5) is 0 Å². The Balaban J connectivity index is 1.65. The van der Waals surface area contributed by atoms with Crippen LogP contribution < -0.4 is 9.61 Å². The fourth-order valence-electron chi connectivity index (χ4n) is 3.06. The molecule has 1 aliphatic rings. The maximum atomic E-state index is 12.7. The molecule has 1 fully saturated rings. The Labute approximate surface area is 161 Å². The Hall–Kier alpha value is -2.17. The summed E-state index contributed by atoms with van der Waals surface area (Å²) in [6.07, 6.45) is 0.204. The SMILES string of the molecule is COc1ccccc1CC(=O)N1CCN(S(=O)(=O)c2sc(=O)[nH]c2C)CC1. The van der Waals surface area contributed by atoms with Crippen molar-refractivity contribution in [3.05, 3.63) is 45.2 Å². The molecule has 0 spiro atoms. The van der Waals surface area contributed by atoms with Gasteiger partial charge in [0, 0.05) is 37.4 Å². The molecule has 1 amide bonds. The van der Waals surface area contributed by atoms with Crippen molar-refractivity contribution < 1.29 is 17.9 Å². The fourth-order valence-corrected chi connectivity index (χ4v) is 5.91. The minimum atomic E-state index is -3.73. The van der Waals surface area contributed by atoms with Crippen LogP contribution in [0.2, 0.25) is 0 Å². The predicted molar refractivity (Wildman–Crippen MR) is 102 cm³/mol. The number of nitrogens with one attached hydrogen (secondary N) is 1. The molecule has 1 saturated heterocycles. The molecule has 0 saturated carbocycles. The summed E-state index contributed by atoms with van der Waals surface area (Å²) in [5.74, 6) is 0.587. The largest absolute Gasteiger partial charge is 0.496 e. The molecule has 2 aromatic rings. The van der Waals surface area contributed by atoms with Crippen molar-refractivity contribution in [3.8, 4) is 5.75 Å². The second-order valence-corrected chi connectivity index (χ2v) is 9.32. The van der Waals surface area contributed by atoms with E-state index >= 15 is 0 Å². The van der Waals surface area contributed by atoms with E-state index in [1.165, 1.54) is 4.31 Å². The maximum Gasteiger partial charge on any atom is 0.305 e. The topological polar surface area (TPSA) is 99.8 Å². The van der Waals surface area contributed by atoms with Gasteiger partial charge in [-0.15, -0.1) is 0 Å². The molecular formula is C17H21N3O5S2. The van der Waals surface area contributed by atoms with Gasteiger partial charge < -0.3 is 14.6 Å². The Morgan fingerprint density at radius 1 is 1.22 bits per heavy atom. The molecule has 0 radical (unpaired) electrons. The number of carbonyl (C=O) groups excluding carboxylic acids is 1. The summed E-state index contributed by atoms with van der Waals surface area (Å²) in [4.78, 5) is 27.8. The highest BCUT2D eigenvalue weighted by Crippen LogP contribution is 2.23. The van der Waals surface area contributed by atoms with E-state index in [1.807, 2.05) is 18.2 Å². The first kappa shape index (κ1) is 19.6. The van der Waals surface area contributed by atoms with E-state index in [4.69, 9.17) is 4.74 Å².